The van der Waals surface area contributed by atoms with Gasteiger partial charge < -0.3 is 9.64 Å². The molecule has 6 nitrogen and oxygen atoms in total. The van der Waals surface area contributed by atoms with Gasteiger partial charge in [0.25, 0.3) is 0 Å². The van der Waals surface area contributed by atoms with Crippen molar-refractivity contribution in [3.05, 3.63) is 29.3 Å². The van der Waals surface area contributed by atoms with Gasteiger partial charge in [0.15, 0.2) is 15.6 Å². The molecule has 0 saturated carbocycles. The van der Waals surface area contributed by atoms with Gasteiger partial charge in [0.2, 0.25) is 5.91 Å². The summed E-state index contributed by atoms with van der Waals surface area (Å²) < 4.78 is 29.0. The Kier molecular flexibility index (Phi) is 7.95. The van der Waals surface area contributed by atoms with Gasteiger partial charge in [-0.05, 0) is 37.5 Å². The number of hydrogen-bond acceptors (Lipinski definition) is 6. The number of thioether (sulfide) groups is 1. The number of Topliss-reactive ketones (excluding diaryl/α,β-unsaturated/α-hetero) is 1. The van der Waals surface area contributed by atoms with Crippen LogP contribution in [-0.2, 0) is 20.4 Å². The fourth-order valence-corrected chi connectivity index (χ4v) is 5.93. The highest BCUT2D eigenvalue weighted by molar-refractivity contribution is 7.99. The number of carbonyl (C=O) groups excluding carboxylic acids is 2. The summed E-state index contributed by atoms with van der Waals surface area (Å²) >= 11 is 1.45. The molecule has 156 valence electrons. The van der Waals surface area contributed by atoms with Gasteiger partial charge in [-0.2, -0.15) is 0 Å². The SMILES string of the molecule is COc1ccc(C(C)=O)cc1CSCC(=O)N(CC(C)C)[C@H]1CCS(=O)(=O)C1. The maximum atomic E-state index is 12.8. The van der Waals surface area contributed by atoms with Crippen molar-refractivity contribution in [2.45, 2.75) is 39.0 Å². The summed E-state index contributed by atoms with van der Waals surface area (Å²) in [5.41, 5.74) is 1.48. The molecule has 1 aliphatic heterocycles. The van der Waals surface area contributed by atoms with Gasteiger partial charge in [-0.15, -0.1) is 11.8 Å². The van der Waals surface area contributed by atoms with Crippen LogP contribution in [0.2, 0.25) is 0 Å². The van der Waals surface area contributed by atoms with Crippen LogP contribution in [0.5, 0.6) is 5.75 Å². The Bertz CT molecular complexity index is 820. The van der Waals surface area contributed by atoms with E-state index in [1.54, 1.807) is 30.2 Å². The van der Waals surface area contributed by atoms with Crippen molar-refractivity contribution in [2.24, 2.45) is 5.92 Å². The van der Waals surface area contributed by atoms with Crippen LogP contribution in [-0.4, -0.2) is 62.0 Å². The fourth-order valence-electron chi connectivity index (χ4n) is 3.31. The molecule has 1 aromatic carbocycles. The minimum atomic E-state index is -3.04. The maximum absolute atomic E-state index is 12.8. The van der Waals surface area contributed by atoms with Crippen LogP contribution in [0.4, 0.5) is 0 Å². The molecule has 1 atom stereocenters. The first kappa shape index (κ1) is 22.7. The Morgan fingerprint density at radius 3 is 2.57 bits per heavy atom. The van der Waals surface area contributed by atoms with Crippen LogP contribution in [0, 0.1) is 5.92 Å². The van der Waals surface area contributed by atoms with Gasteiger partial charge in [-0.25, -0.2) is 8.42 Å². The minimum absolute atomic E-state index is 0.0180. The Morgan fingerprint density at radius 2 is 2.04 bits per heavy atom. The molecule has 0 bridgehead atoms. The van der Waals surface area contributed by atoms with Crippen molar-refractivity contribution in [3.63, 3.8) is 0 Å². The number of sulfone groups is 1. The molecule has 2 rings (SSSR count). The second-order valence-corrected chi connectivity index (χ2v) is 10.8. The number of ether oxygens (including phenoxy) is 1. The first-order valence-electron chi connectivity index (χ1n) is 9.38. The van der Waals surface area contributed by atoms with Gasteiger partial charge in [0.1, 0.15) is 5.75 Å². The Labute approximate surface area is 171 Å². The van der Waals surface area contributed by atoms with Crippen LogP contribution in [0.3, 0.4) is 0 Å². The van der Waals surface area contributed by atoms with E-state index in [0.717, 1.165) is 5.56 Å². The summed E-state index contributed by atoms with van der Waals surface area (Å²) in [5, 5.41) is 0. The molecule has 1 heterocycles. The summed E-state index contributed by atoms with van der Waals surface area (Å²) in [7, 11) is -1.47. The molecule has 1 aliphatic rings. The monoisotopic (exact) mass is 427 g/mol. The second-order valence-electron chi connectivity index (χ2n) is 7.57. The summed E-state index contributed by atoms with van der Waals surface area (Å²) in [6.45, 7) is 6.12. The van der Waals surface area contributed by atoms with Gasteiger partial charge >= 0.3 is 0 Å². The van der Waals surface area contributed by atoms with Gasteiger partial charge in [0.05, 0.1) is 24.4 Å². The predicted molar refractivity (Wildman–Crippen MR) is 113 cm³/mol. The highest BCUT2D eigenvalue weighted by atomic mass is 32.2. The normalized spacial score (nSPS) is 18.2. The lowest BCUT2D eigenvalue weighted by Crippen LogP contribution is -2.44. The quantitative estimate of drug-likeness (QED) is 0.564. The van der Waals surface area contributed by atoms with Gasteiger partial charge in [0, 0.05) is 29.5 Å². The molecule has 0 radical (unpaired) electrons. The first-order valence-corrected chi connectivity index (χ1v) is 12.4. The summed E-state index contributed by atoms with van der Waals surface area (Å²) in [5.74, 6) is 1.91. The molecule has 8 heteroatoms. The third-order valence-corrected chi connectivity index (χ3v) is 7.42. The van der Waals surface area contributed by atoms with Crippen molar-refractivity contribution in [1.29, 1.82) is 0 Å². The van der Waals surface area contributed by atoms with E-state index in [1.165, 1.54) is 18.7 Å². The van der Waals surface area contributed by atoms with Crippen LogP contribution in [0.1, 0.15) is 43.1 Å². The molecule has 1 saturated heterocycles. The zero-order valence-electron chi connectivity index (χ0n) is 16.9. The highest BCUT2D eigenvalue weighted by Gasteiger charge is 2.34. The topological polar surface area (TPSA) is 80.8 Å². The summed E-state index contributed by atoms with van der Waals surface area (Å²) in [6.07, 6.45) is 0.514. The number of nitrogens with zero attached hydrogens (tertiary/aromatic N) is 1. The number of benzene rings is 1. The molecular weight excluding hydrogens is 398 g/mol. The largest absolute Gasteiger partial charge is 0.496 e. The summed E-state index contributed by atoms with van der Waals surface area (Å²) in [6, 6.07) is 5.07. The number of amides is 1. The fraction of sp³-hybridized carbons (Fsp3) is 0.600. The molecule has 1 amide bonds. The molecule has 0 aliphatic carbocycles. The van der Waals surface area contributed by atoms with E-state index in [4.69, 9.17) is 4.74 Å². The Morgan fingerprint density at radius 1 is 1.32 bits per heavy atom. The van der Waals surface area contributed by atoms with Crippen molar-refractivity contribution in [2.75, 3.05) is 30.9 Å². The number of carbonyl (C=O) groups is 2. The van der Waals surface area contributed by atoms with E-state index >= 15 is 0 Å². The van der Waals surface area contributed by atoms with E-state index in [-0.39, 0.29) is 40.9 Å². The molecular formula is C20H29NO5S2. The van der Waals surface area contributed by atoms with E-state index in [2.05, 4.69) is 0 Å². The molecule has 0 N–H and O–H groups in total. The van der Waals surface area contributed by atoms with Crippen molar-refractivity contribution < 1.29 is 22.7 Å². The minimum Gasteiger partial charge on any atom is -0.496 e. The van der Waals surface area contributed by atoms with Crippen LogP contribution in [0.25, 0.3) is 0 Å². The van der Waals surface area contributed by atoms with E-state index in [0.29, 0.717) is 30.0 Å². The Hall–Kier alpha value is -1.54. The number of rotatable bonds is 9. The highest BCUT2D eigenvalue weighted by Crippen LogP contribution is 2.26. The zero-order chi connectivity index (χ0) is 20.9. The average Bonchev–Trinajstić information content (AvgIpc) is 2.98. The number of methoxy groups -OCH3 is 1. The lowest BCUT2D eigenvalue weighted by Gasteiger charge is -2.30. The molecule has 28 heavy (non-hydrogen) atoms. The Balaban J connectivity index is 2.03. The smallest absolute Gasteiger partial charge is 0.232 e. The average molecular weight is 428 g/mol. The van der Waals surface area contributed by atoms with Crippen LogP contribution < -0.4 is 4.74 Å². The molecule has 1 aromatic rings. The maximum Gasteiger partial charge on any atom is 0.232 e. The van der Waals surface area contributed by atoms with E-state index < -0.39 is 9.84 Å². The van der Waals surface area contributed by atoms with E-state index in [1.807, 2.05) is 13.8 Å². The standard InChI is InChI=1S/C20H29NO5S2/c1-14(2)10-21(18-7-8-28(24,25)13-18)20(23)12-27-11-17-9-16(15(3)22)5-6-19(17)26-4/h5-6,9,14,18H,7-8,10-13H2,1-4H3/t18-/m0/s1. The lowest BCUT2D eigenvalue weighted by atomic mass is 10.1. The molecule has 0 spiro atoms. The third kappa shape index (κ3) is 6.24. The van der Waals surface area contributed by atoms with Crippen LogP contribution in [0.15, 0.2) is 18.2 Å². The number of hydrogen-bond donors (Lipinski definition) is 0. The molecule has 0 unspecified atom stereocenters. The third-order valence-electron chi connectivity index (χ3n) is 4.70. The number of ketones is 1. The summed E-state index contributed by atoms with van der Waals surface area (Å²) in [4.78, 5) is 26.2. The van der Waals surface area contributed by atoms with E-state index in [9.17, 15) is 18.0 Å². The van der Waals surface area contributed by atoms with Crippen molar-refractivity contribution in [1.82, 2.24) is 4.90 Å². The predicted octanol–water partition coefficient (Wildman–Crippen LogP) is 2.80. The zero-order valence-corrected chi connectivity index (χ0v) is 18.6. The van der Waals surface area contributed by atoms with Crippen LogP contribution >= 0.6 is 11.8 Å². The van der Waals surface area contributed by atoms with Crippen molar-refractivity contribution >= 4 is 33.3 Å². The molecule has 0 aromatic heterocycles. The van der Waals surface area contributed by atoms with Gasteiger partial charge in [-0.3, -0.25) is 9.59 Å². The van der Waals surface area contributed by atoms with Crippen molar-refractivity contribution in [3.8, 4) is 5.75 Å². The lowest BCUT2D eigenvalue weighted by molar-refractivity contribution is -0.130. The molecule has 1 fully saturated rings. The second kappa shape index (κ2) is 9.78. The van der Waals surface area contributed by atoms with Gasteiger partial charge in [-0.1, -0.05) is 13.8 Å². The first-order chi connectivity index (χ1) is 13.1.